The van der Waals surface area contributed by atoms with Gasteiger partial charge in [-0.25, -0.2) is 9.48 Å². The summed E-state index contributed by atoms with van der Waals surface area (Å²) in [5, 5.41) is 7.33. The molecule has 1 N–H and O–H groups in total. The van der Waals surface area contributed by atoms with Gasteiger partial charge in [0.15, 0.2) is 5.82 Å². The van der Waals surface area contributed by atoms with E-state index in [4.69, 9.17) is 0 Å². The number of nitrogens with one attached hydrogen (secondary N) is 1. The summed E-state index contributed by atoms with van der Waals surface area (Å²) >= 11 is 3.35. The number of benzene rings is 1. The Labute approximate surface area is 164 Å². The second-order valence-corrected chi connectivity index (χ2v) is 7.35. The molecule has 8 heteroatoms. The van der Waals surface area contributed by atoms with Gasteiger partial charge in [-0.05, 0) is 43.2 Å². The number of aromatic nitrogens is 4. The Hall–Kier alpha value is -2.74. The van der Waals surface area contributed by atoms with E-state index < -0.39 is 0 Å². The van der Waals surface area contributed by atoms with Crippen LogP contribution in [0, 0.1) is 0 Å². The Bertz CT molecular complexity index is 1020. The maximum Gasteiger partial charge on any atom is 0.346 e. The fraction of sp³-hybridized carbons (Fsp3) is 0.263. The van der Waals surface area contributed by atoms with E-state index in [0.717, 1.165) is 22.9 Å². The van der Waals surface area contributed by atoms with E-state index in [2.05, 4.69) is 31.3 Å². The average Bonchev–Trinajstić information content (AvgIpc) is 3.46. The van der Waals surface area contributed by atoms with Gasteiger partial charge in [-0.2, -0.15) is 0 Å². The molecule has 1 fully saturated rings. The topological polar surface area (TPSA) is 81.8 Å². The molecule has 1 amide bonds. The summed E-state index contributed by atoms with van der Waals surface area (Å²) in [6, 6.07) is 11.1. The van der Waals surface area contributed by atoms with Crippen molar-refractivity contribution in [1.29, 1.82) is 0 Å². The van der Waals surface area contributed by atoms with E-state index in [1.807, 2.05) is 18.2 Å². The number of hydrogen-bond acceptors (Lipinski definition) is 4. The summed E-state index contributed by atoms with van der Waals surface area (Å²) in [5.41, 5.74) is 1.24. The first kappa shape index (κ1) is 17.7. The lowest BCUT2D eigenvalue weighted by Gasteiger charge is -2.05. The highest BCUT2D eigenvalue weighted by Gasteiger charge is 2.30. The number of rotatable bonds is 6. The number of amides is 1. The molecule has 1 aromatic carbocycles. The van der Waals surface area contributed by atoms with Crippen molar-refractivity contribution in [3.63, 3.8) is 0 Å². The molecule has 1 saturated carbocycles. The van der Waals surface area contributed by atoms with Crippen LogP contribution in [0.3, 0.4) is 0 Å². The molecule has 138 valence electrons. The van der Waals surface area contributed by atoms with Crippen molar-refractivity contribution in [2.45, 2.75) is 25.4 Å². The van der Waals surface area contributed by atoms with Crippen LogP contribution in [0.5, 0.6) is 0 Å². The van der Waals surface area contributed by atoms with Crippen molar-refractivity contribution in [3.05, 3.63) is 69.3 Å². The number of pyridine rings is 1. The van der Waals surface area contributed by atoms with Crippen LogP contribution in [-0.2, 0) is 6.54 Å². The average molecular weight is 428 g/mol. The quantitative estimate of drug-likeness (QED) is 0.655. The maximum atomic E-state index is 12.8. The van der Waals surface area contributed by atoms with E-state index in [-0.39, 0.29) is 17.6 Å². The molecular weight excluding hydrogens is 410 g/mol. The molecular formula is C19H18BrN5O2. The fourth-order valence-electron chi connectivity index (χ4n) is 2.93. The van der Waals surface area contributed by atoms with Gasteiger partial charge in [0, 0.05) is 40.6 Å². The zero-order valence-corrected chi connectivity index (χ0v) is 16.1. The van der Waals surface area contributed by atoms with E-state index in [1.165, 1.54) is 4.68 Å². The van der Waals surface area contributed by atoms with Crippen molar-refractivity contribution in [1.82, 2.24) is 24.6 Å². The fourth-order valence-corrected chi connectivity index (χ4v) is 3.33. The molecule has 27 heavy (non-hydrogen) atoms. The Balaban J connectivity index is 1.50. The van der Waals surface area contributed by atoms with Gasteiger partial charge >= 0.3 is 5.69 Å². The predicted octanol–water partition coefficient (Wildman–Crippen LogP) is 2.63. The van der Waals surface area contributed by atoms with Gasteiger partial charge in [0.25, 0.3) is 5.91 Å². The molecule has 1 aliphatic carbocycles. The van der Waals surface area contributed by atoms with Crippen LogP contribution in [0.4, 0.5) is 0 Å². The first-order valence-electron chi connectivity index (χ1n) is 8.77. The molecule has 3 aromatic rings. The highest BCUT2D eigenvalue weighted by Crippen LogP contribution is 2.36. The number of hydrogen-bond donors (Lipinski definition) is 1. The van der Waals surface area contributed by atoms with Crippen molar-refractivity contribution in [2.75, 3.05) is 6.54 Å². The third-order valence-electron chi connectivity index (χ3n) is 4.40. The first-order valence-corrected chi connectivity index (χ1v) is 9.56. The molecule has 0 radical (unpaired) electrons. The Morgan fingerprint density at radius 2 is 2.11 bits per heavy atom. The normalized spacial score (nSPS) is 13.5. The summed E-state index contributed by atoms with van der Waals surface area (Å²) in [6.45, 7) is 0.630. The largest absolute Gasteiger partial charge is 0.350 e. The van der Waals surface area contributed by atoms with Gasteiger partial charge in [0.2, 0.25) is 0 Å². The summed E-state index contributed by atoms with van der Waals surface area (Å²) in [5.74, 6) is 0.451. The van der Waals surface area contributed by atoms with Gasteiger partial charge in [0.05, 0.1) is 6.54 Å². The molecule has 0 unspecified atom stereocenters. The number of carbonyl (C=O) groups is 1. The van der Waals surface area contributed by atoms with Gasteiger partial charge in [-0.3, -0.25) is 14.3 Å². The number of nitrogens with zero attached hydrogens (tertiary/aromatic N) is 4. The Morgan fingerprint density at radius 1 is 1.26 bits per heavy atom. The Morgan fingerprint density at radius 3 is 2.81 bits per heavy atom. The summed E-state index contributed by atoms with van der Waals surface area (Å²) < 4.78 is 4.00. The smallest absolute Gasteiger partial charge is 0.346 e. The minimum absolute atomic E-state index is 0.145. The minimum Gasteiger partial charge on any atom is -0.350 e. The molecule has 0 aliphatic heterocycles. The molecule has 0 bridgehead atoms. The van der Waals surface area contributed by atoms with E-state index in [9.17, 15) is 9.59 Å². The molecule has 4 rings (SSSR count). The molecule has 1 aliphatic rings. The van der Waals surface area contributed by atoms with Crippen LogP contribution in [-0.4, -0.2) is 31.8 Å². The zero-order valence-electron chi connectivity index (χ0n) is 14.5. The second-order valence-electron chi connectivity index (χ2n) is 6.44. The molecule has 2 heterocycles. The first-order chi connectivity index (χ1) is 13.1. The van der Waals surface area contributed by atoms with E-state index in [1.54, 1.807) is 35.2 Å². The van der Waals surface area contributed by atoms with Gasteiger partial charge < -0.3 is 5.32 Å². The SMILES string of the molecule is O=C(NCCn1nc(-c2cccnc2)n(C2CC2)c1=O)c1cccc(Br)c1. The minimum atomic E-state index is -0.182. The van der Waals surface area contributed by atoms with E-state index >= 15 is 0 Å². The van der Waals surface area contributed by atoms with Crippen LogP contribution in [0.15, 0.2) is 58.1 Å². The molecule has 7 nitrogen and oxygen atoms in total. The lowest BCUT2D eigenvalue weighted by molar-refractivity contribution is 0.0951. The van der Waals surface area contributed by atoms with Gasteiger partial charge in [0.1, 0.15) is 0 Å². The van der Waals surface area contributed by atoms with Crippen LogP contribution in [0.2, 0.25) is 0 Å². The van der Waals surface area contributed by atoms with E-state index in [0.29, 0.717) is 24.5 Å². The van der Waals surface area contributed by atoms with Crippen LogP contribution < -0.4 is 11.0 Å². The van der Waals surface area contributed by atoms with Crippen LogP contribution >= 0.6 is 15.9 Å². The maximum absolute atomic E-state index is 12.8. The van der Waals surface area contributed by atoms with Crippen molar-refractivity contribution in [3.8, 4) is 11.4 Å². The lowest BCUT2D eigenvalue weighted by Crippen LogP contribution is -2.32. The monoisotopic (exact) mass is 427 g/mol. The van der Waals surface area contributed by atoms with Crippen molar-refractivity contribution >= 4 is 21.8 Å². The summed E-state index contributed by atoms with van der Waals surface area (Å²) in [6.07, 6.45) is 5.37. The lowest BCUT2D eigenvalue weighted by atomic mass is 10.2. The highest BCUT2D eigenvalue weighted by atomic mass is 79.9. The number of halogens is 1. The molecule has 0 saturated heterocycles. The highest BCUT2D eigenvalue weighted by molar-refractivity contribution is 9.10. The molecule has 2 aromatic heterocycles. The van der Waals surface area contributed by atoms with Crippen molar-refractivity contribution < 1.29 is 4.79 Å². The zero-order chi connectivity index (χ0) is 18.8. The third kappa shape index (κ3) is 3.85. The summed E-state index contributed by atoms with van der Waals surface area (Å²) in [4.78, 5) is 29.1. The van der Waals surface area contributed by atoms with Gasteiger partial charge in [-0.1, -0.05) is 22.0 Å². The Kier molecular flexibility index (Phi) is 4.89. The summed E-state index contributed by atoms with van der Waals surface area (Å²) in [7, 11) is 0. The van der Waals surface area contributed by atoms with Crippen LogP contribution in [0.1, 0.15) is 29.2 Å². The second kappa shape index (κ2) is 7.48. The molecule has 0 spiro atoms. The van der Waals surface area contributed by atoms with Crippen molar-refractivity contribution in [2.24, 2.45) is 0 Å². The van der Waals surface area contributed by atoms with Crippen LogP contribution in [0.25, 0.3) is 11.4 Å². The standard InChI is InChI=1S/C19H18BrN5O2/c20-15-5-1-3-13(11-15)18(26)22-9-10-24-19(27)25(16-6-7-16)17(23-24)14-4-2-8-21-12-14/h1-5,8,11-12,16H,6-7,9-10H2,(H,22,26). The van der Waals surface area contributed by atoms with Gasteiger partial charge in [-0.15, -0.1) is 5.10 Å². The third-order valence-corrected chi connectivity index (χ3v) is 4.89. The number of carbonyl (C=O) groups excluding carboxylic acids is 1. The molecule has 0 atom stereocenters. The predicted molar refractivity (Wildman–Crippen MR) is 104 cm³/mol.